The number of hydrogen-bond acceptors (Lipinski definition) is 3. The van der Waals surface area contributed by atoms with Gasteiger partial charge in [0, 0.05) is 37.3 Å². The van der Waals surface area contributed by atoms with Gasteiger partial charge in [-0.25, -0.2) is 0 Å². The van der Waals surface area contributed by atoms with Crippen LogP contribution in [-0.2, 0) is 0 Å². The Morgan fingerprint density at radius 1 is 1.22 bits per heavy atom. The van der Waals surface area contributed by atoms with Crippen LogP contribution < -0.4 is 5.32 Å². The van der Waals surface area contributed by atoms with E-state index in [-0.39, 0.29) is 0 Å². The maximum atomic E-state index is 3.65. The van der Waals surface area contributed by atoms with Gasteiger partial charge in [0.05, 0.1) is 0 Å². The molecule has 3 aliphatic rings. The van der Waals surface area contributed by atoms with E-state index in [1.807, 2.05) is 0 Å². The molecule has 1 N–H and O–H groups in total. The lowest BCUT2D eigenvalue weighted by Crippen LogP contribution is -2.57. The molecule has 3 fully saturated rings. The van der Waals surface area contributed by atoms with Crippen LogP contribution >= 0.6 is 0 Å². The number of hydrogen-bond donors (Lipinski definition) is 1. The summed E-state index contributed by atoms with van der Waals surface area (Å²) in [6.45, 7) is 10.0. The van der Waals surface area contributed by atoms with Crippen molar-refractivity contribution in [1.29, 1.82) is 0 Å². The van der Waals surface area contributed by atoms with E-state index in [1.165, 1.54) is 58.3 Å². The van der Waals surface area contributed by atoms with Gasteiger partial charge in [-0.15, -0.1) is 0 Å². The van der Waals surface area contributed by atoms with Crippen molar-refractivity contribution in [2.24, 2.45) is 0 Å². The molecular weight excluding hydrogens is 222 g/mol. The monoisotopic (exact) mass is 251 g/mol. The fourth-order valence-corrected chi connectivity index (χ4v) is 3.77. The van der Waals surface area contributed by atoms with E-state index in [0.717, 1.165) is 24.2 Å². The maximum Gasteiger partial charge on any atom is 0.0224 e. The van der Waals surface area contributed by atoms with Crippen molar-refractivity contribution >= 4 is 0 Å². The molecule has 0 spiro atoms. The van der Waals surface area contributed by atoms with E-state index in [0.29, 0.717) is 0 Å². The summed E-state index contributed by atoms with van der Waals surface area (Å²) >= 11 is 0. The quantitative estimate of drug-likeness (QED) is 0.802. The Balaban J connectivity index is 1.47. The molecule has 104 valence electrons. The van der Waals surface area contributed by atoms with Crippen LogP contribution in [0.4, 0.5) is 0 Å². The highest BCUT2D eigenvalue weighted by molar-refractivity contribution is 4.92. The number of rotatable bonds is 5. The van der Waals surface area contributed by atoms with Crippen LogP contribution in [0.15, 0.2) is 0 Å². The molecule has 3 heteroatoms. The molecule has 0 aromatic carbocycles. The van der Waals surface area contributed by atoms with Gasteiger partial charge < -0.3 is 5.32 Å². The van der Waals surface area contributed by atoms with Gasteiger partial charge in [0.25, 0.3) is 0 Å². The van der Waals surface area contributed by atoms with Crippen molar-refractivity contribution in [1.82, 2.24) is 15.1 Å². The van der Waals surface area contributed by atoms with Gasteiger partial charge in [0.2, 0.25) is 0 Å². The third kappa shape index (κ3) is 2.89. The molecule has 3 nitrogen and oxygen atoms in total. The highest BCUT2D eigenvalue weighted by atomic mass is 15.3. The lowest BCUT2D eigenvalue weighted by atomic mass is 10.0. The van der Waals surface area contributed by atoms with Crippen molar-refractivity contribution in [3.05, 3.63) is 0 Å². The minimum atomic E-state index is 0.744. The molecule has 0 bridgehead atoms. The van der Waals surface area contributed by atoms with Gasteiger partial charge in [-0.3, -0.25) is 9.80 Å². The van der Waals surface area contributed by atoms with Gasteiger partial charge in [0.15, 0.2) is 0 Å². The molecule has 2 heterocycles. The normalized spacial score (nSPS) is 35.7. The Morgan fingerprint density at radius 3 is 2.83 bits per heavy atom. The third-order valence-corrected chi connectivity index (χ3v) is 5.12. The van der Waals surface area contributed by atoms with Crippen molar-refractivity contribution in [2.75, 3.05) is 26.2 Å². The number of piperazine rings is 1. The van der Waals surface area contributed by atoms with E-state index in [9.17, 15) is 0 Å². The van der Waals surface area contributed by atoms with Crippen molar-refractivity contribution < 1.29 is 0 Å². The summed E-state index contributed by atoms with van der Waals surface area (Å²) in [5, 5.41) is 3.65. The molecule has 0 aromatic heterocycles. The van der Waals surface area contributed by atoms with Gasteiger partial charge in [-0.1, -0.05) is 0 Å². The number of nitrogens with one attached hydrogen (secondary N) is 1. The van der Waals surface area contributed by atoms with Crippen LogP contribution in [-0.4, -0.2) is 60.1 Å². The van der Waals surface area contributed by atoms with Crippen LogP contribution in [0.25, 0.3) is 0 Å². The second kappa shape index (κ2) is 5.48. The summed E-state index contributed by atoms with van der Waals surface area (Å²) in [4.78, 5) is 5.48. The second-order valence-corrected chi connectivity index (χ2v) is 6.70. The average molecular weight is 251 g/mol. The van der Waals surface area contributed by atoms with Gasteiger partial charge in [0.1, 0.15) is 0 Å². The molecule has 3 unspecified atom stereocenters. The predicted molar refractivity (Wildman–Crippen MR) is 75.9 cm³/mol. The lowest BCUT2D eigenvalue weighted by molar-refractivity contribution is 0.0307. The van der Waals surface area contributed by atoms with Gasteiger partial charge >= 0.3 is 0 Å². The maximum absolute atomic E-state index is 3.65. The topological polar surface area (TPSA) is 18.5 Å². The summed E-state index contributed by atoms with van der Waals surface area (Å²) < 4.78 is 0. The first-order chi connectivity index (χ1) is 8.74. The van der Waals surface area contributed by atoms with E-state index in [4.69, 9.17) is 0 Å². The molecule has 2 saturated heterocycles. The number of fused-ring (bicyclic) bond motifs is 1. The molecule has 0 amide bonds. The largest absolute Gasteiger partial charge is 0.314 e. The Bertz CT molecular complexity index is 277. The van der Waals surface area contributed by atoms with Crippen LogP contribution in [0.5, 0.6) is 0 Å². The number of nitrogens with zero attached hydrogens (tertiary/aromatic N) is 2. The molecule has 2 aliphatic heterocycles. The molecule has 3 atom stereocenters. The van der Waals surface area contributed by atoms with Crippen molar-refractivity contribution in [3.63, 3.8) is 0 Å². The zero-order valence-electron chi connectivity index (χ0n) is 12.1. The Kier molecular flexibility index (Phi) is 3.92. The smallest absolute Gasteiger partial charge is 0.0224 e. The fourth-order valence-electron chi connectivity index (χ4n) is 3.77. The summed E-state index contributed by atoms with van der Waals surface area (Å²) in [6.07, 6.45) is 6.98. The molecule has 1 saturated carbocycles. The molecule has 0 aromatic rings. The highest BCUT2D eigenvalue weighted by Crippen LogP contribution is 2.26. The minimum absolute atomic E-state index is 0.744. The standard InChI is InChI=1S/C15H29N3/c1-12(7-8-16-14-5-6-14)18-11-15-4-3-9-17(15)10-13(18)2/h12-16H,3-11H2,1-2H3. The summed E-state index contributed by atoms with van der Waals surface area (Å²) in [5.74, 6) is 0. The Morgan fingerprint density at radius 2 is 2.06 bits per heavy atom. The molecule has 3 rings (SSSR count). The first-order valence-electron chi connectivity index (χ1n) is 7.97. The van der Waals surface area contributed by atoms with E-state index >= 15 is 0 Å². The SMILES string of the molecule is CC(CCNC1CC1)N1CC2CCCN2CC1C. The van der Waals surface area contributed by atoms with E-state index < -0.39 is 0 Å². The summed E-state index contributed by atoms with van der Waals surface area (Å²) in [6, 6.07) is 3.21. The van der Waals surface area contributed by atoms with E-state index in [2.05, 4.69) is 29.0 Å². The first kappa shape index (κ1) is 12.9. The zero-order chi connectivity index (χ0) is 12.5. The zero-order valence-corrected chi connectivity index (χ0v) is 12.1. The molecule has 18 heavy (non-hydrogen) atoms. The lowest BCUT2D eigenvalue weighted by Gasteiger charge is -2.45. The van der Waals surface area contributed by atoms with Crippen molar-refractivity contribution in [3.8, 4) is 0 Å². The molecule has 0 radical (unpaired) electrons. The van der Waals surface area contributed by atoms with Crippen LogP contribution in [0.3, 0.4) is 0 Å². The molecule has 1 aliphatic carbocycles. The van der Waals surface area contributed by atoms with Crippen LogP contribution in [0.2, 0.25) is 0 Å². The van der Waals surface area contributed by atoms with Crippen LogP contribution in [0, 0.1) is 0 Å². The first-order valence-corrected chi connectivity index (χ1v) is 7.97. The summed E-state index contributed by atoms with van der Waals surface area (Å²) in [7, 11) is 0. The van der Waals surface area contributed by atoms with Gasteiger partial charge in [-0.05, 0) is 59.0 Å². The predicted octanol–water partition coefficient (Wildman–Crippen LogP) is 1.69. The van der Waals surface area contributed by atoms with E-state index in [1.54, 1.807) is 0 Å². The molecular formula is C15H29N3. The third-order valence-electron chi connectivity index (χ3n) is 5.12. The second-order valence-electron chi connectivity index (χ2n) is 6.70. The average Bonchev–Trinajstić information content (AvgIpc) is 3.05. The Hall–Kier alpha value is -0.120. The fraction of sp³-hybridized carbons (Fsp3) is 1.00. The minimum Gasteiger partial charge on any atom is -0.314 e. The highest BCUT2D eigenvalue weighted by Gasteiger charge is 2.35. The summed E-state index contributed by atoms with van der Waals surface area (Å²) in [5.41, 5.74) is 0. The van der Waals surface area contributed by atoms with Crippen molar-refractivity contribution in [2.45, 2.75) is 70.1 Å². The van der Waals surface area contributed by atoms with Crippen LogP contribution in [0.1, 0.15) is 46.0 Å². The Labute approximate surface area is 112 Å². The van der Waals surface area contributed by atoms with Gasteiger partial charge in [-0.2, -0.15) is 0 Å².